The largest absolute Gasteiger partial charge is 0.455 e. The van der Waals surface area contributed by atoms with Crippen molar-refractivity contribution >= 4 is 164 Å². The van der Waals surface area contributed by atoms with Gasteiger partial charge >= 0.3 is 0 Å². The first-order valence-corrected chi connectivity index (χ1v) is 43.6. The Morgan fingerprint density at radius 2 is 0.445 bits per heavy atom. The highest BCUT2D eigenvalue weighted by atomic mass is 16.3. The Hall–Kier alpha value is -16.6. The van der Waals surface area contributed by atoms with Gasteiger partial charge in [0.05, 0.1) is 33.1 Å². The molecular formula is C119H76N6O3. The van der Waals surface area contributed by atoms with E-state index >= 15 is 0 Å². The predicted octanol–water partition coefficient (Wildman–Crippen LogP) is 32.1. The molecule has 26 aromatic rings. The zero-order valence-electron chi connectivity index (χ0n) is 70.4. The van der Waals surface area contributed by atoms with Crippen LogP contribution < -0.4 is 0 Å². The van der Waals surface area contributed by atoms with Gasteiger partial charge in [0.15, 0.2) is 0 Å². The highest BCUT2D eigenvalue weighted by Gasteiger charge is 2.37. The van der Waals surface area contributed by atoms with Gasteiger partial charge in [-0.2, -0.15) is 0 Å². The fourth-order valence-electron chi connectivity index (χ4n) is 20.7. The quantitative estimate of drug-likeness (QED) is 0.144. The summed E-state index contributed by atoms with van der Waals surface area (Å²) in [5.41, 5.74) is 35.2. The van der Waals surface area contributed by atoms with Gasteiger partial charge in [0, 0.05) is 124 Å². The number of hydrogen-bond donors (Lipinski definition) is 0. The number of benzene rings is 20. The summed E-state index contributed by atoms with van der Waals surface area (Å²) in [7, 11) is 0. The van der Waals surface area contributed by atoms with Gasteiger partial charge in [0.1, 0.15) is 33.5 Å². The Bertz CT molecular complexity index is 9080. The van der Waals surface area contributed by atoms with Gasteiger partial charge < -0.3 is 13.3 Å². The summed E-state index contributed by atoms with van der Waals surface area (Å²) >= 11 is 0. The molecule has 0 radical (unpaired) electrons. The molecule has 1 aliphatic carbocycles. The summed E-state index contributed by atoms with van der Waals surface area (Å²) in [6.07, 6.45) is 10.7. The molecule has 6 aromatic heterocycles. The molecule has 0 amide bonds. The van der Waals surface area contributed by atoms with Crippen molar-refractivity contribution in [2.24, 2.45) is 0 Å². The minimum atomic E-state index is -0.159. The van der Waals surface area contributed by atoms with Crippen LogP contribution in [-0.2, 0) is 5.41 Å². The second kappa shape index (κ2) is 29.3. The summed E-state index contributed by atoms with van der Waals surface area (Å²) in [5.74, 6) is 0. The van der Waals surface area contributed by atoms with E-state index in [0.29, 0.717) is 0 Å². The minimum Gasteiger partial charge on any atom is -0.455 e. The Morgan fingerprint density at radius 3 is 0.891 bits per heavy atom. The number of para-hydroxylation sites is 6. The maximum absolute atomic E-state index is 6.46. The lowest BCUT2D eigenvalue weighted by Gasteiger charge is -2.23. The summed E-state index contributed by atoms with van der Waals surface area (Å²) in [6.45, 7) is 9.10. The molecule has 0 bridgehead atoms. The maximum atomic E-state index is 6.46. The van der Waals surface area contributed by atoms with E-state index < -0.39 is 0 Å². The molecular weight excluding hydrogens is 1560 g/mol. The molecule has 0 atom stereocenters. The van der Waals surface area contributed by atoms with Crippen molar-refractivity contribution in [2.45, 2.75) is 33.1 Å². The number of hydrogen-bond acceptors (Lipinski definition) is 9. The molecule has 6 heterocycles. The summed E-state index contributed by atoms with van der Waals surface area (Å²) in [4.78, 5) is 28.3. The number of rotatable bonds is 7. The Balaban J connectivity index is 0.000000105. The lowest BCUT2D eigenvalue weighted by molar-refractivity contribution is 0.660. The first-order valence-electron chi connectivity index (χ1n) is 43.6. The standard InChI is InChI=1S/C43H28N2O.C40H24N2O.C36H24N2O/c1-43(2)37-23-26(25-15-19-34-36(22-25)29-8-3-4-10-33(29)40-41(34)45-21-20-44-40)14-17-30(37)31-18-16-27(24-38(31)43)28-11-7-12-35-32-9-5-6-13-39(32)46-42(28)35;1-2-11-27(28-12-3-4-13-29(28)34-17-9-18-35-31-15-7-8-19-37(31)43-40(34)35)26(10-1)25-20-21-33-36(24-25)30-14-5-6-16-32(30)38-39(33)42-23-22-41-38;1-21-19-31(29-12-7-11-28-25-9-5-6-13-33(25)39-36(28)29)22(2)18-30(21)23-14-15-27-32(20-23)24-8-3-4-10-26(24)34-35(27)38-17-16-37-34/h3-24H,1-2H3;1-24H;3-20H,1-2H3. The van der Waals surface area contributed by atoms with Gasteiger partial charge in [0.2, 0.25) is 0 Å². The molecule has 0 spiro atoms. The van der Waals surface area contributed by atoms with Gasteiger partial charge in [-0.15, -0.1) is 0 Å². The first-order chi connectivity index (χ1) is 63.1. The van der Waals surface area contributed by atoms with Crippen LogP contribution in [0.15, 0.2) is 402 Å². The van der Waals surface area contributed by atoms with Crippen LogP contribution >= 0.6 is 0 Å². The van der Waals surface area contributed by atoms with Crippen molar-refractivity contribution in [1.29, 1.82) is 0 Å². The van der Waals surface area contributed by atoms with Gasteiger partial charge in [-0.3, -0.25) is 29.9 Å². The molecule has 9 nitrogen and oxygen atoms in total. The number of furan rings is 3. The molecule has 27 rings (SSSR count). The van der Waals surface area contributed by atoms with Crippen molar-refractivity contribution in [3.63, 3.8) is 0 Å². The van der Waals surface area contributed by atoms with Gasteiger partial charge in [0.25, 0.3) is 0 Å². The topological polar surface area (TPSA) is 117 Å². The normalized spacial score (nSPS) is 12.4. The molecule has 0 saturated carbocycles. The molecule has 0 fully saturated rings. The molecule has 1 aliphatic rings. The molecule has 0 N–H and O–H groups in total. The third-order valence-corrected chi connectivity index (χ3v) is 26.8. The smallest absolute Gasteiger partial charge is 0.143 e. The number of aryl methyl sites for hydroxylation is 2. The average Bonchev–Trinajstić information content (AvgIpc) is 1.70. The lowest BCUT2D eigenvalue weighted by Crippen LogP contribution is -2.15. The van der Waals surface area contributed by atoms with E-state index in [9.17, 15) is 0 Å². The van der Waals surface area contributed by atoms with Crippen molar-refractivity contribution in [2.75, 3.05) is 0 Å². The molecule has 20 aromatic carbocycles. The molecule has 0 aliphatic heterocycles. The SMILES string of the molecule is CC1(C)c2cc(-c3ccc4c(c3)c3ccccc3c3nccnc43)ccc2-c2ccc(-c3cccc4c3oc3ccccc34)cc21.Cc1cc(-c2cccc3c2oc2ccccc23)c(C)cc1-c1ccc2c(c1)c1ccccc1c1nccnc21.c1ccc(-c2ccccc2-c2cccc3c2oc2ccccc23)c(-c2ccc3c(c2)c2ccccc2c2nccnc32)c1. The fourth-order valence-corrected chi connectivity index (χ4v) is 20.7. The van der Waals surface area contributed by atoms with Crippen LogP contribution in [0.5, 0.6) is 0 Å². The first kappa shape index (κ1) is 74.0. The van der Waals surface area contributed by atoms with Crippen LogP contribution in [0, 0.1) is 13.8 Å². The zero-order chi connectivity index (χ0) is 85.0. The average molecular weight is 1640 g/mol. The molecule has 128 heavy (non-hydrogen) atoms. The van der Waals surface area contributed by atoms with E-state index in [2.05, 4.69) is 348 Å². The van der Waals surface area contributed by atoms with Crippen LogP contribution in [0.3, 0.4) is 0 Å². The molecule has 600 valence electrons. The van der Waals surface area contributed by atoms with Gasteiger partial charge in [-0.05, 0) is 189 Å². The zero-order valence-corrected chi connectivity index (χ0v) is 70.4. The summed E-state index contributed by atoms with van der Waals surface area (Å²) < 4.78 is 19.2. The van der Waals surface area contributed by atoms with Crippen molar-refractivity contribution in [1.82, 2.24) is 29.9 Å². The molecule has 9 heteroatoms. The van der Waals surface area contributed by atoms with E-state index in [4.69, 9.17) is 38.2 Å². The lowest BCUT2D eigenvalue weighted by atomic mass is 9.80. The van der Waals surface area contributed by atoms with Crippen LogP contribution in [0.25, 0.3) is 253 Å². The highest BCUT2D eigenvalue weighted by Crippen LogP contribution is 2.53. The highest BCUT2D eigenvalue weighted by molar-refractivity contribution is 6.27. The van der Waals surface area contributed by atoms with Crippen LogP contribution in [0.2, 0.25) is 0 Å². The van der Waals surface area contributed by atoms with Crippen molar-refractivity contribution < 1.29 is 13.3 Å². The fraction of sp³-hybridized carbons (Fsp3) is 0.0420. The van der Waals surface area contributed by atoms with Crippen LogP contribution in [-0.4, -0.2) is 29.9 Å². The molecule has 0 saturated heterocycles. The summed E-state index contributed by atoms with van der Waals surface area (Å²) in [5, 5.41) is 20.8. The second-order valence-corrected chi connectivity index (χ2v) is 34.2. The van der Waals surface area contributed by atoms with E-state index in [1.807, 2.05) is 36.4 Å². The predicted molar refractivity (Wildman–Crippen MR) is 531 cm³/mol. The van der Waals surface area contributed by atoms with Crippen molar-refractivity contribution in [3.8, 4) is 89.0 Å². The van der Waals surface area contributed by atoms with Crippen LogP contribution in [0.4, 0.5) is 0 Å². The summed E-state index contributed by atoms with van der Waals surface area (Å²) in [6, 6.07) is 126. The Kier molecular flexibility index (Phi) is 16.9. The van der Waals surface area contributed by atoms with E-state index in [1.54, 1.807) is 37.2 Å². The van der Waals surface area contributed by atoms with E-state index in [1.165, 1.54) is 116 Å². The Morgan fingerprint density at radius 1 is 0.180 bits per heavy atom. The minimum absolute atomic E-state index is 0.159. The maximum Gasteiger partial charge on any atom is 0.143 e. The number of fused-ring (bicyclic) bond motifs is 30. The van der Waals surface area contributed by atoms with Crippen molar-refractivity contribution in [3.05, 3.63) is 411 Å². The third-order valence-electron chi connectivity index (χ3n) is 26.8. The number of aromatic nitrogens is 6. The number of nitrogens with zero attached hydrogens (tertiary/aromatic N) is 6. The Labute approximate surface area is 735 Å². The van der Waals surface area contributed by atoms with Crippen LogP contribution in [0.1, 0.15) is 36.1 Å². The van der Waals surface area contributed by atoms with Gasteiger partial charge in [-0.25, -0.2) is 0 Å². The van der Waals surface area contributed by atoms with E-state index in [0.717, 1.165) is 159 Å². The van der Waals surface area contributed by atoms with E-state index in [-0.39, 0.29) is 5.41 Å². The van der Waals surface area contributed by atoms with Gasteiger partial charge in [-0.1, -0.05) is 317 Å². The second-order valence-electron chi connectivity index (χ2n) is 34.2. The molecule has 0 unspecified atom stereocenters. The third kappa shape index (κ3) is 11.7. The monoisotopic (exact) mass is 1640 g/mol.